The van der Waals surface area contributed by atoms with Crippen molar-refractivity contribution >= 4 is 49.1 Å². The predicted octanol–water partition coefficient (Wildman–Crippen LogP) is 4.51. The number of halogens is 1. The van der Waals surface area contributed by atoms with Crippen LogP contribution in [0.4, 0.5) is 0 Å². The minimum Gasteiger partial charge on any atom is -0.341 e. The van der Waals surface area contributed by atoms with E-state index in [4.69, 9.17) is 16.6 Å². The van der Waals surface area contributed by atoms with Crippen molar-refractivity contribution in [2.24, 2.45) is 0 Å². The van der Waals surface area contributed by atoms with Gasteiger partial charge in [-0.2, -0.15) is 4.31 Å². The van der Waals surface area contributed by atoms with E-state index in [2.05, 4.69) is 6.07 Å². The van der Waals surface area contributed by atoms with Gasteiger partial charge in [-0.25, -0.2) is 13.4 Å². The maximum absolute atomic E-state index is 13.3. The highest BCUT2D eigenvalue weighted by molar-refractivity contribution is 7.89. The molecular formula is C23H24ClN3O3S2. The molecule has 0 N–H and O–H groups in total. The summed E-state index contributed by atoms with van der Waals surface area (Å²) < 4.78 is 28.9. The number of piperidine rings is 1. The number of rotatable bonds is 4. The third-order valence-corrected chi connectivity index (χ3v) is 9.75. The molecule has 1 atom stereocenters. The van der Waals surface area contributed by atoms with E-state index in [9.17, 15) is 13.2 Å². The molecule has 5 rings (SSSR count). The van der Waals surface area contributed by atoms with Crippen molar-refractivity contribution in [1.82, 2.24) is 14.2 Å². The van der Waals surface area contributed by atoms with Crippen LogP contribution < -0.4 is 0 Å². The summed E-state index contributed by atoms with van der Waals surface area (Å²) in [6, 6.07) is 13.6. The summed E-state index contributed by atoms with van der Waals surface area (Å²) in [5, 5.41) is 1.61. The van der Waals surface area contributed by atoms with E-state index >= 15 is 0 Å². The largest absolute Gasteiger partial charge is 0.341 e. The number of fused-ring (bicyclic) bond motifs is 1. The number of hydrogen-bond donors (Lipinski definition) is 0. The molecule has 3 heterocycles. The summed E-state index contributed by atoms with van der Waals surface area (Å²) in [5.74, 6) is 0.261. The summed E-state index contributed by atoms with van der Waals surface area (Å²) >= 11 is 7.64. The molecule has 0 spiro atoms. The lowest BCUT2D eigenvalue weighted by Gasteiger charge is -2.34. The molecule has 0 saturated carbocycles. The molecule has 32 heavy (non-hydrogen) atoms. The Balaban J connectivity index is 1.27. The summed E-state index contributed by atoms with van der Waals surface area (Å²) in [6.45, 7) is 1.62. The maximum Gasteiger partial charge on any atom is 0.243 e. The molecular weight excluding hydrogens is 466 g/mol. The summed E-state index contributed by atoms with van der Waals surface area (Å²) in [4.78, 5) is 20.1. The van der Waals surface area contributed by atoms with E-state index in [0.717, 1.165) is 23.4 Å². The molecule has 0 bridgehead atoms. The molecule has 3 aromatic rings. The summed E-state index contributed by atoms with van der Waals surface area (Å²) in [5.41, 5.74) is 1.03. The van der Waals surface area contributed by atoms with Crippen LogP contribution in [0.15, 0.2) is 53.4 Å². The van der Waals surface area contributed by atoms with Gasteiger partial charge >= 0.3 is 0 Å². The molecule has 1 aromatic heterocycles. The van der Waals surface area contributed by atoms with Crippen LogP contribution in [0.5, 0.6) is 0 Å². The minimum absolute atomic E-state index is 0.0808. The van der Waals surface area contributed by atoms with Gasteiger partial charge in [0.15, 0.2) is 0 Å². The topological polar surface area (TPSA) is 70.6 Å². The van der Waals surface area contributed by atoms with Gasteiger partial charge in [0.2, 0.25) is 15.9 Å². The van der Waals surface area contributed by atoms with E-state index in [-0.39, 0.29) is 10.8 Å². The van der Waals surface area contributed by atoms with Crippen LogP contribution in [0.25, 0.3) is 10.2 Å². The number of sulfonamides is 1. The van der Waals surface area contributed by atoms with Crippen LogP contribution in [0.1, 0.15) is 36.6 Å². The predicted molar refractivity (Wildman–Crippen MR) is 127 cm³/mol. The van der Waals surface area contributed by atoms with Crippen LogP contribution in [0, 0.1) is 0 Å². The smallest absolute Gasteiger partial charge is 0.243 e. The van der Waals surface area contributed by atoms with E-state index in [0.29, 0.717) is 43.4 Å². The molecule has 9 heteroatoms. The van der Waals surface area contributed by atoms with Crippen molar-refractivity contribution < 1.29 is 13.2 Å². The normalized spacial score (nSPS) is 20.8. The lowest BCUT2D eigenvalue weighted by molar-refractivity contribution is -0.135. The molecule has 168 valence electrons. The highest BCUT2D eigenvalue weighted by Crippen LogP contribution is 2.35. The van der Waals surface area contributed by atoms with Gasteiger partial charge < -0.3 is 4.90 Å². The number of aromatic nitrogens is 1. The zero-order valence-electron chi connectivity index (χ0n) is 17.5. The number of hydrogen-bond acceptors (Lipinski definition) is 5. The Kier molecular flexibility index (Phi) is 5.96. The average Bonchev–Trinajstić information content (AvgIpc) is 3.47. The lowest BCUT2D eigenvalue weighted by atomic mass is 9.97. The number of amides is 1. The molecule has 6 nitrogen and oxygen atoms in total. The first-order valence-corrected chi connectivity index (χ1v) is 13.5. The van der Waals surface area contributed by atoms with Crippen LogP contribution in [0.2, 0.25) is 5.02 Å². The molecule has 2 saturated heterocycles. The van der Waals surface area contributed by atoms with Gasteiger partial charge in [-0.05, 0) is 62.1 Å². The van der Waals surface area contributed by atoms with Crippen molar-refractivity contribution in [3.8, 4) is 0 Å². The Morgan fingerprint density at radius 1 is 1.00 bits per heavy atom. The standard InChI is InChI=1S/C23H24ClN3O3S2/c24-17-7-9-18(10-8-17)32(29,30)27-13-3-5-20(27)23(28)26-14-11-16(12-15-26)22-25-19-4-1-2-6-21(19)31-22/h1-2,4,6-10,16,20H,3,5,11-15H2. The maximum atomic E-state index is 13.3. The second-order valence-electron chi connectivity index (χ2n) is 8.35. The number of carbonyl (C=O) groups is 1. The first-order valence-electron chi connectivity index (χ1n) is 10.8. The molecule has 1 amide bonds. The zero-order valence-corrected chi connectivity index (χ0v) is 19.9. The van der Waals surface area contributed by atoms with Crippen molar-refractivity contribution in [1.29, 1.82) is 0 Å². The van der Waals surface area contributed by atoms with Crippen molar-refractivity contribution in [3.63, 3.8) is 0 Å². The number of benzene rings is 2. The minimum atomic E-state index is -3.74. The fourth-order valence-corrected chi connectivity index (χ4v) is 7.55. The quantitative estimate of drug-likeness (QED) is 0.540. The molecule has 2 fully saturated rings. The second-order valence-corrected chi connectivity index (χ2v) is 11.7. The summed E-state index contributed by atoms with van der Waals surface area (Å²) in [7, 11) is -3.74. The number of para-hydroxylation sites is 1. The van der Waals surface area contributed by atoms with Gasteiger partial charge in [0.1, 0.15) is 6.04 Å². The molecule has 2 aliphatic rings. The lowest BCUT2D eigenvalue weighted by Crippen LogP contribution is -2.49. The number of thiazole rings is 1. The Morgan fingerprint density at radius 2 is 1.72 bits per heavy atom. The molecule has 0 radical (unpaired) electrons. The first-order chi connectivity index (χ1) is 15.4. The highest BCUT2D eigenvalue weighted by Gasteiger charge is 2.41. The van der Waals surface area contributed by atoms with Gasteiger partial charge in [-0.15, -0.1) is 11.3 Å². The summed E-state index contributed by atoms with van der Waals surface area (Å²) in [6.07, 6.45) is 2.94. The van der Waals surface area contributed by atoms with Crippen LogP contribution >= 0.6 is 22.9 Å². The van der Waals surface area contributed by atoms with E-state index < -0.39 is 16.1 Å². The van der Waals surface area contributed by atoms with E-state index in [1.165, 1.54) is 21.1 Å². The van der Waals surface area contributed by atoms with Gasteiger partial charge in [-0.3, -0.25) is 4.79 Å². The third-order valence-electron chi connectivity index (χ3n) is 6.38. The fraction of sp³-hybridized carbons (Fsp3) is 0.391. The third kappa shape index (κ3) is 4.05. The number of nitrogens with zero attached hydrogens (tertiary/aromatic N) is 3. The average molecular weight is 490 g/mol. The van der Waals surface area contributed by atoms with Crippen molar-refractivity contribution in [3.05, 3.63) is 58.6 Å². The second kappa shape index (κ2) is 8.74. The molecule has 2 aliphatic heterocycles. The van der Waals surface area contributed by atoms with E-state index in [1.54, 1.807) is 23.5 Å². The van der Waals surface area contributed by atoms with E-state index in [1.807, 2.05) is 23.1 Å². The Labute approximate surface area is 196 Å². The van der Waals surface area contributed by atoms with Crippen LogP contribution in [0.3, 0.4) is 0 Å². The van der Waals surface area contributed by atoms with Gasteiger partial charge in [0, 0.05) is 30.6 Å². The molecule has 2 aromatic carbocycles. The highest BCUT2D eigenvalue weighted by atomic mass is 35.5. The Hall–Kier alpha value is -2.00. The number of carbonyl (C=O) groups excluding carboxylic acids is 1. The Bertz CT molecular complexity index is 1200. The fourth-order valence-electron chi connectivity index (χ4n) is 4.64. The monoisotopic (exact) mass is 489 g/mol. The van der Waals surface area contributed by atoms with Gasteiger partial charge in [-0.1, -0.05) is 23.7 Å². The first kappa shape index (κ1) is 21.8. The van der Waals surface area contributed by atoms with Gasteiger partial charge in [0.05, 0.1) is 20.1 Å². The SMILES string of the molecule is O=C(C1CCCN1S(=O)(=O)c1ccc(Cl)cc1)N1CCC(c2nc3ccccc3s2)CC1. The van der Waals surface area contributed by atoms with Crippen molar-refractivity contribution in [2.75, 3.05) is 19.6 Å². The zero-order chi connectivity index (χ0) is 22.3. The van der Waals surface area contributed by atoms with Gasteiger partial charge in [0.25, 0.3) is 0 Å². The van der Waals surface area contributed by atoms with Crippen molar-refractivity contribution in [2.45, 2.75) is 42.5 Å². The molecule has 1 unspecified atom stereocenters. The molecule has 0 aliphatic carbocycles. The van der Waals surface area contributed by atoms with Crippen LogP contribution in [-0.2, 0) is 14.8 Å². The van der Waals surface area contributed by atoms with Crippen LogP contribution in [-0.4, -0.2) is 54.2 Å². The Morgan fingerprint density at radius 3 is 2.44 bits per heavy atom. The number of likely N-dealkylation sites (tertiary alicyclic amines) is 1.